The third-order valence-electron chi connectivity index (χ3n) is 4.47. The van der Waals surface area contributed by atoms with Crippen molar-refractivity contribution < 1.29 is 9.90 Å². The van der Waals surface area contributed by atoms with Crippen LogP contribution in [0, 0.1) is 19.8 Å². The lowest BCUT2D eigenvalue weighted by molar-refractivity contribution is 0.0696. The van der Waals surface area contributed by atoms with Gasteiger partial charge in [-0.1, -0.05) is 19.8 Å². The number of nitrogens with zero attached hydrogens (tertiary/aromatic N) is 2. The number of rotatable bonds is 3. The van der Waals surface area contributed by atoms with Crippen molar-refractivity contribution in [1.82, 2.24) is 4.98 Å². The Morgan fingerprint density at radius 3 is 2.60 bits per heavy atom. The van der Waals surface area contributed by atoms with E-state index in [1.54, 1.807) is 6.92 Å². The molecule has 1 aliphatic rings. The number of aromatic nitrogens is 1. The van der Waals surface area contributed by atoms with Gasteiger partial charge in [0.05, 0.1) is 11.4 Å². The molecule has 4 heteroatoms. The van der Waals surface area contributed by atoms with E-state index in [4.69, 9.17) is 0 Å². The molecule has 0 radical (unpaired) electrons. The van der Waals surface area contributed by atoms with Crippen molar-refractivity contribution in [3.8, 4) is 0 Å². The van der Waals surface area contributed by atoms with E-state index in [0.717, 1.165) is 17.8 Å². The van der Waals surface area contributed by atoms with Crippen molar-refractivity contribution in [2.24, 2.45) is 5.92 Å². The van der Waals surface area contributed by atoms with Crippen LogP contribution in [-0.2, 0) is 0 Å². The Bertz CT molecular complexity index is 513. The van der Waals surface area contributed by atoms with Gasteiger partial charge >= 0.3 is 5.97 Å². The highest BCUT2D eigenvalue weighted by atomic mass is 16.4. The molecule has 2 rings (SSSR count). The number of hydrogen-bond donors (Lipinski definition) is 1. The SMILES string of the molecule is Cc1cc(N(C)C2CCCCC2C)c(C(=O)O)c(C)n1. The molecule has 1 N–H and O–H groups in total. The molecule has 0 aliphatic heterocycles. The van der Waals surface area contributed by atoms with Gasteiger partial charge in [-0.3, -0.25) is 4.98 Å². The number of anilines is 1. The summed E-state index contributed by atoms with van der Waals surface area (Å²) in [6, 6.07) is 2.32. The predicted molar refractivity (Wildman–Crippen MR) is 80.5 cm³/mol. The van der Waals surface area contributed by atoms with Crippen LogP contribution in [0.25, 0.3) is 0 Å². The Morgan fingerprint density at radius 2 is 2.00 bits per heavy atom. The zero-order valence-electron chi connectivity index (χ0n) is 12.8. The van der Waals surface area contributed by atoms with Gasteiger partial charge in [0.25, 0.3) is 0 Å². The second kappa shape index (κ2) is 5.81. The Labute approximate surface area is 120 Å². The van der Waals surface area contributed by atoms with Crippen LogP contribution in [0.4, 0.5) is 5.69 Å². The summed E-state index contributed by atoms with van der Waals surface area (Å²) >= 11 is 0. The second-order valence-electron chi connectivity index (χ2n) is 5.99. The average molecular weight is 276 g/mol. The number of aryl methyl sites for hydroxylation is 2. The van der Waals surface area contributed by atoms with Crippen molar-refractivity contribution in [3.05, 3.63) is 23.0 Å². The van der Waals surface area contributed by atoms with E-state index in [-0.39, 0.29) is 0 Å². The number of pyridine rings is 1. The van der Waals surface area contributed by atoms with Crippen molar-refractivity contribution in [2.75, 3.05) is 11.9 Å². The largest absolute Gasteiger partial charge is 0.478 e. The summed E-state index contributed by atoms with van der Waals surface area (Å²) in [5.74, 6) is -0.288. The van der Waals surface area contributed by atoms with Gasteiger partial charge in [0.1, 0.15) is 5.56 Å². The minimum absolute atomic E-state index is 0.343. The van der Waals surface area contributed by atoms with E-state index in [1.165, 1.54) is 19.3 Å². The molecule has 0 saturated heterocycles. The van der Waals surface area contributed by atoms with Gasteiger partial charge < -0.3 is 10.0 Å². The fraction of sp³-hybridized carbons (Fsp3) is 0.625. The molecule has 110 valence electrons. The smallest absolute Gasteiger partial charge is 0.339 e. The first-order chi connectivity index (χ1) is 9.41. The Balaban J connectivity index is 2.42. The normalized spacial score (nSPS) is 22.6. The molecule has 1 aliphatic carbocycles. The van der Waals surface area contributed by atoms with Crippen molar-refractivity contribution >= 4 is 11.7 Å². The summed E-state index contributed by atoms with van der Waals surface area (Å²) in [5.41, 5.74) is 2.62. The molecule has 1 fully saturated rings. The summed E-state index contributed by atoms with van der Waals surface area (Å²) in [6.07, 6.45) is 4.87. The molecule has 0 spiro atoms. The molecule has 1 aromatic heterocycles. The van der Waals surface area contributed by atoms with Gasteiger partial charge in [0.2, 0.25) is 0 Å². The quantitative estimate of drug-likeness (QED) is 0.919. The van der Waals surface area contributed by atoms with E-state index in [1.807, 2.05) is 20.0 Å². The maximum atomic E-state index is 11.6. The third-order valence-corrected chi connectivity index (χ3v) is 4.47. The zero-order chi connectivity index (χ0) is 14.9. The summed E-state index contributed by atoms with van der Waals surface area (Å²) in [4.78, 5) is 18.0. The highest BCUT2D eigenvalue weighted by molar-refractivity contribution is 5.95. The minimum Gasteiger partial charge on any atom is -0.478 e. The maximum Gasteiger partial charge on any atom is 0.339 e. The number of carboxylic acid groups (broad SMARTS) is 1. The maximum absolute atomic E-state index is 11.6. The van der Waals surface area contributed by atoms with E-state index in [2.05, 4.69) is 16.8 Å². The van der Waals surface area contributed by atoms with E-state index in [9.17, 15) is 9.90 Å². The highest BCUT2D eigenvalue weighted by Gasteiger charge is 2.28. The molecule has 0 bridgehead atoms. The summed E-state index contributed by atoms with van der Waals surface area (Å²) in [7, 11) is 2.02. The van der Waals surface area contributed by atoms with Gasteiger partial charge in [-0.15, -0.1) is 0 Å². The first-order valence-corrected chi connectivity index (χ1v) is 7.36. The molecule has 0 aromatic carbocycles. The molecule has 0 amide bonds. The Kier molecular flexibility index (Phi) is 4.31. The van der Waals surface area contributed by atoms with Gasteiger partial charge in [0.15, 0.2) is 0 Å². The lowest BCUT2D eigenvalue weighted by Gasteiger charge is -2.38. The molecule has 2 atom stereocenters. The van der Waals surface area contributed by atoms with Gasteiger partial charge in [-0.2, -0.15) is 0 Å². The van der Waals surface area contributed by atoms with Crippen LogP contribution in [0.15, 0.2) is 6.07 Å². The second-order valence-corrected chi connectivity index (χ2v) is 5.99. The Morgan fingerprint density at radius 1 is 1.35 bits per heavy atom. The van der Waals surface area contributed by atoms with Crippen LogP contribution in [0.2, 0.25) is 0 Å². The molecular weight excluding hydrogens is 252 g/mol. The van der Waals surface area contributed by atoms with Crippen molar-refractivity contribution in [1.29, 1.82) is 0 Å². The standard InChI is InChI=1S/C16H24N2O2/c1-10-7-5-6-8-13(10)18(4)14-9-11(2)17-12(3)15(14)16(19)20/h9-10,13H,5-8H2,1-4H3,(H,19,20). The molecular formula is C16H24N2O2. The average Bonchev–Trinajstić information content (AvgIpc) is 2.37. The molecule has 20 heavy (non-hydrogen) atoms. The van der Waals surface area contributed by atoms with Crippen LogP contribution in [0.5, 0.6) is 0 Å². The molecule has 4 nitrogen and oxygen atoms in total. The first-order valence-electron chi connectivity index (χ1n) is 7.36. The number of hydrogen-bond acceptors (Lipinski definition) is 3. The molecule has 2 unspecified atom stereocenters. The van der Waals surface area contributed by atoms with Crippen LogP contribution < -0.4 is 4.90 Å². The van der Waals surface area contributed by atoms with Gasteiger partial charge in [0, 0.05) is 18.8 Å². The number of carbonyl (C=O) groups is 1. The molecule has 1 heterocycles. The predicted octanol–water partition coefficient (Wildman–Crippen LogP) is 3.41. The Hall–Kier alpha value is -1.58. The van der Waals surface area contributed by atoms with E-state index >= 15 is 0 Å². The lowest BCUT2D eigenvalue weighted by Crippen LogP contribution is -2.40. The van der Waals surface area contributed by atoms with Crippen LogP contribution in [0.1, 0.15) is 54.4 Å². The monoisotopic (exact) mass is 276 g/mol. The number of aromatic carboxylic acids is 1. The summed E-state index contributed by atoms with van der Waals surface area (Å²) in [6.45, 7) is 5.96. The van der Waals surface area contributed by atoms with Crippen molar-refractivity contribution in [3.63, 3.8) is 0 Å². The zero-order valence-corrected chi connectivity index (χ0v) is 12.8. The van der Waals surface area contributed by atoms with Gasteiger partial charge in [-0.05, 0) is 38.7 Å². The van der Waals surface area contributed by atoms with Crippen LogP contribution in [-0.4, -0.2) is 29.1 Å². The third kappa shape index (κ3) is 2.79. The fourth-order valence-corrected chi connectivity index (χ4v) is 3.40. The van der Waals surface area contributed by atoms with E-state index in [0.29, 0.717) is 23.2 Å². The highest BCUT2D eigenvalue weighted by Crippen LogP contribution is 2.33. The lowest BCUT2D eigenvalue weighted by atomic mass is 9.84. The summed E-state index contributed by atoms with van der Waals surface area (Å²) in [5, 5.41) is 9.48. The van der Waals surface area contributed by atoms with E-state index < -0.39 is 5.97 Å². The van der Waals surface area contributed by atoms with Crippen molar-refractivity contribution in [2.45, 2.75) is 52.5 Å². The minimum atomic E-state index is -0.889. The van der Waals surface area contributed by atoms with Crippen LogP contribution in [0.3, 0.4) is 0 Å². The van der Waals surface area contributed by atoms with Gasteiger partial charge in [-0.25, -0.2) is 4.79 Å². The fourth-order valence-electron chi connectivity index (χ4n) is 3.40. The van der Waals surface area contributed by atoms with Crippen LogP contribution >= 0.6 is 0 Å². The first kappa shape index (κ1) is 14.8. The summed E-state index contributed by atoms with van der Waals surface area (Å²) < 4.78 is 0. The number of carboxylic acids is 1. The molecule has 1 aromatic rings. The topological polar surface area (TPSA) is 53.4 Å². The molecule has 1 saturated carbocycles.